The van der Waals surface area contributed by atoms with Crippen molar-refractivity contribution in [2.75, 3.05) is 20.8 Å². The fourth-order valence-corrected chi connectivity index (χ4v) is 3.17. The lowest BCUT2D eigenvalue weighted by Gasteiger charge is -2.27. The number of nitrogens with zero attached hydrogens (tertiary/aromatic N) is 1. The molecule has 1 atom stereocenters. The Bertz CT molecular complexity index is 833. The van der Waals surface area contributed by atoms with Gasteiger partial charge in [-0.25, -0.2) is 4.79 Å². The van der Waals surface area contributed by atoms with Gasteiger partial charge in [0.25, 0.3) is 5.91 Å². The highest BCUT2D eigenvalue weighted by molar-refractivity contribution is 6.00. The first-order valence-corrected chi connectivity index (χ1v) is 8.38. The van der Waals surface area contributed by atoms with Crippen LogP contribution in [-0.4, -0.2) is 37.6 Å². The third-order valence-corrected chi connectivity index (χ3v) is 4.39. The molecule has 136 valence electrons. The van der Waals surface area contributed by atoms with Gasteiger partial charge in [-0.2, -0.15) is 0 Å². The third-order valence-electron chi connectivity index (χ3n) is 4.39. The van der Waals surface area contributed by atoms with Gasteiger partial charge in [0.15, 0.2) is 17.5 Å². The Kier molecular flexibility index (Phi) is 5.11. The lowest BCUT2D eigenvalue weighted by molar-refractivity contribution is -0.149. The lowest BCUT2D eigenvalue weighted by atomic mass is 10.0. The Hall–Kier alpha value is -3.02. The molecule has 2 aromatic rings. The van der Waals surface area contributed by atoms with Crippen LogP contribution in [0.1, 0.15) is 34.5 Å². The van der Waals surface area contributed by atoms with E-state index in [1.807, 2.05) is 18.2 Å². The van der Waals surface area contributed by atoms with Gasteiger partial charge >= 0.3 is 5.97 Å². The Morgan fingerprint density at radius 1 is 1.12 bits per heavy atom. The fraction of sp³-hybridized carbons (Fsp3) is 0.300. The van der Waals surface area contributed by atoms with E-state index in [-0.39, 0.29) is 12.5 Å². The van der Waals surface area contributed by atoms with Crippen molar-refractivity contribution in [2.24, 2.45) is 0 Å². The molecule has 2 aromatic carbocycles. The summed E-state index contributed by atoms with van der Waals surface area (Å²) in [6.45, 7) is 2.33. The van der Waals surface area contributed by atoms with E-state index < -0.39 is 12.0 Å². The first kappa shape index (κ1) is 17.8. The summed E-state index contributed by atoms with van der Waals surface area (Å²) in [5.74, 6) is 0.382. The molecule has 26 heavy (non-hydrogen) atoms. The van der Waals surface area contributed by atoms with Gasteiger partial charge in [0, 0.05) is 12.1 Å². The van der Waals surface area contributed by atoms with Crippen molar-refractivity contribution in [3.63, 3.8) is 0 Å². The van der Waals surface area contributed by atoms with Crippen molar-refractivity contribution < 1.29 is 23.8 Å². The molecule has 0 radical (unpaired) electrons. The summed E-state index contributed by atoms with van der Waals surface area (Å²) in [4.78, 5) is 27.1. The van der Waals surface area contributed by atoms with Crippen LogP contribution in [-0.2, 0) is 16.1 Å². The summed E-state index contributed by atoms with van der Waals surface area (Å²) >= 11 is 0. The molecule has 0 bridgehead atoms. The van der Waals surface area contributed by atoms with Crippen molar-refractivity contribution in [2.45, 2.75) is 19.5 Å². The molecule has 1 amide bonds. The van der Waals surface area contributed by atoms with Crippen molar-refractivity contribution >= 4 is 11.9 Å². The van der Waals surface area contributed by atoms with Crippen LogP contribution in [0.5, 0.6) is 11.5 Å². The number of rotatable bonds is 6. The first-order valence-electron chi connectivity index (χ1n) is 8.38. The Balaban J connectivity index is 2.02. The molecule has 6 heteroatoms. The largest absolute Gasteiger partial charge is 0.493 e. The molecular weight excluding hydrogens is 334 g/mol. The molecule has 0 saturated carbocycles. The predicted molar refractivity (Wildman–Crippen MR) is 95.2 cm³/mol. The quantitative estimate of drug-likeness (QED) is 0.746. The predicted octanol–water partition coefficient (Wildman–Crippen LogP) is 2.96. The minimum absolute atomic E-state index is 0.187. The Morgan fingerprint density at radius 2 is 1.85 bits per heavy atom. The maximum Gasteiger partial charge on any atom is 0.333 e. The zero-order valence-electron chi connectivity index (χ0n) is 15.0. The molecule has 6 nitrogen and oxygen atoms in total. The molecule has 1 aliphatic heterocycles. The van der Waals surface area contributed by atoms with Crippen LogP contribution >= 0.6 is 0 Å². The van der Waals surface area contributed by atoms with E-state index >= 15 is 0 Å². The molecule has 0 saturated heterocycles. The molecular formula is C20H21NO5. The number of methoxy groups -OCH3 is 2. The maximum atomic E-state index is 12.9. The molecule has 0 spiro atoms. The number of benzene rings is 2. The number of hydrogen-bond acceptors (Lipinski definition) is 5. The summed E-state index contributed by atoms with van der Waals surface area (Å²) < 4.78 is 15.8. The molecule has 1 heterocycles. The fourth-order valence-electron chi connectivity index (χ4n) is 3.17. The van der Waals surface area contributed by atoms with Gasteiger partial charge in [0.05, 0.1) is 20.8 Å². The average Bonchev–Trinajstić information content (AvgIpc) is 2.99. The number of amides is 1. The van der Waals surface area contributed by atoms with Gasteiger partial charge in [-0.1, -0.05) is 24.3 Å². The smallest absolute Gasteiger partial charge is 0.333 e. The molecule has 3 rings (SSSR count). The SMILES string of the molecule is CCOC(=O)C(c1ccc(OC)c(OC)c1)N1Cc2ccccc2C1=O. The highest BCUT2D eigenvalue weighted by Gasteiger charge is 2.38. The number of ether oxygens (including phenoxy) is 3. The summed E-state index contributed by atoms with van der Waals surface area (Å²) in [7, 11) is 3.07. The molecule has 1 aliphatic rings. The van der Waals surface area contributed by atoms with Gasteiger partial charge in [0.2, 0.25) is 0 Å². The molecule has 0 aliphatic carbocycles. The van der Waals surface area contributed by atoms with Crippen LogP contribution in [0.4, 0.5) is 0 Å². The van der Waals surface area contributed by atoms with Crippen molar-refractivity contribution in [3.8, 4) is 11.5 Å². The van der Waals surface area contributed by atoms with Gasteiger partial charge in [0.1, 0.15) is 0 Å². The second-order valence-corrected chi connectivity index (χ2v) is 5.86. The van der Waals surface area contributed by atoms with E-state index in [2.05, 4.69) is 0 Å². The van der Waals surface area contributed by atoms with E-state index in [0.29, 0.717) is 29.2 Å². The van der Waals surface area contributed by atoms with E-state index in [1.165, 1.54) is 12.0 Å². The summed E-state index contributed by atoms with van der Waals surface area (Å²) in [6.07, 6.45) is 0. The molecule has 0 aromatic heterocycles. The topological polar surface area (TPSA) is 65.1 Å². The second kappa shape index (κ2) is 7.47. The minimum atomic E-state index is -0.852. The van der Waals surface area contributed by atoms with Gasteiger partial charge in [-0.3, -0.25) is 4.79 Å². The van der Waals surface area contributed by atoms with Crippen molar-refractivity contribution in [1.29, 1.82) is 0 Å². The van der Waals surface area contributed by atoms with Crippen LogP contribution < -0.4 is 9.47 Å². The van der Waals surface area contributed by atoms with E-state index in [1.54, 1.807) is 38.3 Å². The zero-order chi connectivity index (χ0) is 18.7. The van der Waals surface area contributed by atoms with Crippen LogP contribution in [0, 0.1) is 0 Å². The standard InChI is InChI=1S/C20H21NO5/c1-4-26-20(23)18(13-9-10-16(24-2)17(11-13)25-3)21-12-14-7-5-6-8-15(14)19(21)22/h5-11,18H,4,12H2,1-3H3. The Labute approximate surface area is 152 Å². The normalized spacial score (nSPS) is 14.0. The summed E-state index contributed by atoms with van der Waals surface area (Å²) in [5, 5.41) is 0. The second-order valence-electron chi connectivity index (χ2n) is 5.86. The molecule has 0 N–H and O–H groups in total. The number of carbonyl (C=O) groups is 2. The van der Waals surface area contributed by atoms with Crippen LogP contribution in [0.3, 0.4) is 0 Å². The lowest BCUT2D eigenvalue weighted by Crippen LogP contribution is -2.35. The van der Waals surface area contributed by atoms with Crippen molar-refractivity contribution in [1.82, 2.24) is 4.90 Å². The number of hydrogen-bond donors (Lipinski definition) is 0. The monoisotopic (exact) mass is 355 g/mol. The highest BCUT2D eigenvalue weighted by Crippen LogP contribution is 2.36. The van der Waals surface area contributed by atoms with Crippen molar-refractivity contribution in [3.05, 3.63) is 59.2 Å². The Morgan fingerprint density at radius 3 is 2.50 bits per heavy atom. The van der Waals surface area contributed by atoms with Gasteiger partial charge in [-0.15, -0.1) is 0 Å². The minimum Gasteiger partial charge on any atom is -0.493 e. The van der Waals surface area contributed by atoms with E-state index in [0.717, 1.165) is 5.56 Å². The van der Waals surface area contributed by atoms with Crippen LogP contribution in [0.2, 0.25) is 0 Å². The highest BCUT2D eigenvalue weighted by atomic mass is 16.5. The third kappa shape index (κ3) is 3.10. The molecule has 1 unspecified atom stereocenters. The van der Waals surface area contributed by atoms with Crippen LogP contribution in [0.25, 0.3) is 0 Å². The summed E-state index contributed by atoms with van der Waals surface area (Å²) in [5.41, 5.74) is 2.12. The summed E-state index contributed by atoms with van der Waals surface area (Å²) in [6, 6.07) is 11.7. The van der Waals surface area contributed by atoms with Gasteiger partial charge < -0.3 is 19.1 Å². The number of carbonyl (C=O) groups excluding carboxylic acids is 2. The zero-order valence-corrected chi connectivity index (χ0v) is 15.0. The van der Waals surface area contributed by atoms with Gasteiger partial charge in [-0.05, 0) is 36.2 Å². The van der Waals surface area contributed by atoms with E-state index in [4.69, 9.17) is 14.2 Å². The number of esters is 1. The maximum absolute atomic E-state index is 12.9. The van der Waals surface area contributed by atoms with E-state index in [9.17, 15) is 9.59 Å². The van der Waals surface area contributed by atoms with Crippen LogP contribution in [0.15, 0.2) is 42.5 Å². The molecule has 0 fully saturated rings. The average molecular weight is 355 g/mol. The number of fused-ring (bicyclic) bond motifs is 1. The first-order chi connectivity index (χ1) is 12.6.